The fraction of sp³-hybridized carbons (Fsp3) is 0. The van der Waals surface area contributed by atoms with E-state index in [1.807, 2.05) is 12.1 Å². The van der Waals surface area contributed by atoms with Crippen LogP contribution < -0.4 is 0 Å². The molecule has 0 fully saturated rings. The first-order chi connectivity index (χ1) is 15.0. The fourth-order valence-corrected chi connectivity index (χ4v) is 3.96. The maximum Gasteiger partial charge on any atom is 0.194 e. The topological polar surface area (TPSA) is 17.1 Å². The molecule has 1 aliphatic rings. The summed E-state index contributed by atoms with van der Waals surface area (Å²) in [7, 11) is 0. The first-order valence-electron chi connectivity index (χ1n) is 9.72. The first-order valence-corrected chi connectivity index (χ1v) is 9.72. The SMILES string of the molecule is O=C1C(c2ccc(F)cc2)=C(c2ccc(F)cc2)c2cc(-c3ccc(F)cc3)ccc21. The predicted octanol–water partition coefficient (Wildman–Crippen LogP) is 6.93. The molecule has 31 heavy (non-hydrogen) atoms. The van der Waals surface area contributed by atoms with Crippen molar-refractivity contribution in [1.29, 1.82) is 0 Å². The van der Waals surface area contributed by atoms with Crippen molar-refractivity contribution in [2.24, 2.45) is 0 Å². The molecular formula is C27H15F3O. The van der Waals surface area contributed by atoms with Crippen LogP contribution in [0.15, 0.2) is 91.0 Å². The fourth-order valence-electron chi connectivity index (χ4n) is 3.96. The van der Waals surface area contributed by atoms with Crippen LogP contribution in [-0.2, 0) is 0 Å². The van der Waals surface area contributed by atoms with E-state index in [0.29, 0.717) is 33.4 Å². The number of hydrogen-bond donors (Lipinski definition) is 0. The Balaban J connectivity index is 1.75. The summed E-state index contributed by atoms with van der Waals surface area (Å²) in [5.41, 5.74) is 5.24. The highest BCUT2D eigenvalue weighted by Gasteiger charge is 2.31. The molecule has 1 nitrogen and oxygen atoms in total. The highest BCUT2D eigenvalue weighted by Crippen LogP contribution is 2.43. The van der Waals surface area contributed by atoms with Crippen molar-refractivity contribution in [3.05, 3.63) is 131 Å². The van der Waals surface area contributed by atoms with Gasteiger partial charge in [0, 0.05) is 16.7 Å². The summed E-state index contributed by atoms with van der Waals surface area (Å²) in [6, 6.07) is 23.3. The molecule has 0 amide bonds. The van der Waals surface area contributed by atoms with Crippen LogP contribution in [0.2, 0.25) is 0 Å². The van der Waals surface area contributed by atoms with Gasteiger partial charge in [-0.2, -0.15) is 0 Å². The molecule has 5 rings (SSSR count). The third-order valence-corrected chi connectivity index (χ3v) is 5.45. The number of carbonyl (C=O) groups is 1. The maximum atomic E-state index is 13.6. The minimum absolute atomic E-state index is 0.174. The van der Waals surface area contributed by atoms with Crippen molar-refractivity contribution in [2.45, 2.75) is 0 Å². The molecule has 0 saturated heterocycles. The molecule has 4 aromatic rings. The summed E-state index contributed by atoms with van der Waals surface area (Å²) in [6.45, 7) is 0. The van der Waals surface area contributed by atoms with E-state index in [2.05, 4.69) is 0 Å². The Bertz CT molecular complexity index is 1330. The van der Waals surface area contributed by atoms with Crippen LogP contribution in [0.4, 0.5) is 13.2 Å². The number of hydrogen-bond acceptors (Lipinski definition) is 1. The van der Waals surface area contributed by atoms with Crippen LogP contribution in [0.1, 0.15) is 27.0 Å². The van der Waals surface area contributed by atoms with E-state index in [0.717, 1.165) is 11.1 Å². The van der Waals surface area contributed by atoms with Crippen LogP contribution in [0.25, 0.3) is 22.3 Å². The van der Waals surface area contributed by atoms with Gasteiger partial charge >= 0.3 is 0 Å². The number of benzene rings is 4. The average molecular weight is 412 g/mol. The lowest BCUT2D eigenvalue weighted by Crippen LogP contribution is -1.98. The average Bonchev–Trinajstić information content (AvgIpc) is 3.07. The monoisotopic (exact) mass is 412 g/mol. The minimum Gasteiger partial charge on any atom is -0.289 e. The number of ketones is 1. The van der Waals surface area contributed by atoms with E-state index in [4.69, 9.17) is 0 Å². The zero-order valence-electron chi connectivity index (χ0n) is 16.2. The Morgan fingerprint density at radius 3 is 1.35 bits per heavy atom. The lowest BCUT2D eigenvalue weighted by molar-refractivity contribution is 0.105. The highest BCUT2D eigenvalue weighted by atomic mass is 19.1. The van der Waals surface area contributed by atoms with Crippen LogP contribution >= 0.6 is 0 Å². The van der Waals surface area contributed by atoms with Gasteiger partial charge in [-0.1, -0.05) is 42.5 Å². The van der Waals surface area contributed by atoms with Crippen molar-refractivity contribution in [1.82, 2.24) is 0 Å². The first kappa shape index (κ1) is 19.1. The number of allylic oxidation sites excluding steroid dienone is 1. The molecule has 0 heterocycles. The molecule has 0 radical (unpaired) electrons. The quantitative estimate of drug-likeness (QED) is 0.357. The second-order valence-corrected chi connectivity index (χ2v) is 7.36. The van der Waals surface area contributed by atoms with Crippen molar-refractivity contribution < 1.29 is 18.0 Å². The van der Waals surface area contributed by atoms with Gasteiger partial charge in [-0.3, -0.25) is 4.79 Å². The molecule has 0 aliphatic heterocycles. The summed E-state index contributed by atoms with van der Waals surface area (Å²) >= 11 is 0. The molecule has 4 heteroatoms. The molecule has 0 aromatic heterocycles. The van der Waals surface area contributed by atoms with Gasteiger partial charge in [-0.05, 0) is 76.3 Å². The van der Waals surface area contributed by atoms with Crippen LogP contribution in [0.3, 0.4) is 0 Å². The van der Waals surface area contributed by atoms with Crippen molar-refractivity contribution in [3.63, 3.8) is 0 Å². The number of Topliss-reactive ketones (excluding diaryl/α,β-unsaturated/α-hetero) is 1. The van der Waals surface area contributed by atoms with Crippen LogP contribution in [0.5, 0.6) is 0 Å². The van der Waals surface area contributed by atoms with E-state index in [1.165, 1.54) is 36.4 Å². The van der Waals surface area contributed by atoms with Crippen molar-refractivity contribution >= 4 is 16.9 Å². The number of carbonyl (C=O) groups excluding carboxylic acids is 1. The van der Waals surface area contributed by atoms with Gasteiger partial charge in [0.2, 0.25) is 0 Å². The summed E-state index contributed by atoms with van der Waals surface area (Å²) in [6.07, 6.45) is 0. The van der Waals surface area contributed by atoms with Gasteiger partial charge in [0.15, 0.2) is 5.78 Å². The van der Waals surface area contributed by atoms with Gasteiger partial charge in [-0.25, -0.2) is 13.2 Å². The zero-order valence-corrected chi connectivity index (χ0v) is 16.2. The standard InChI is InChI=1S/C27H15F3O/c28-20-8-1-16(2-9-20)19-7-14-23-24(15-19)25(17-3-10-21(29)11-4-17)26(27(23)31)18-5-12-22(30)13-6-18/h1-15H. The van der Waals surface area contributed by atoms with Gasteiger partial charge in [0.25, 0.3) is 0 Å². The highest BCUT2D eigenvalue weighted by molar-refractivity contribution is 6.41. The molecule has 0 spiro atoms. The normalized spacial score (nSPS) is 12.9. The van der Waals surface area contributed by atoms with Crippen molar-refractivity contribution in [2.75, 3.05) is 0 Å². The summed E-state index contributed by atoms with van der Waals surface area (Å²) in [5.74, 6) is -1.27. The molecule has 0 unspecified atom stereocenters. The molecule has 1 aliphatic carbocycles. The molecule has 0 bridgehead atoms. The molecule has 0 saturated carbocycles. The molecule has 0 N–H and O–H groups in total. The lowest BCUT2D eigenvalue weighted by Gasteiger charge is -2.10. The zero-order chi connectivity index (χ0) is 21.5. The Morgan fingerprint density at radius 2 is 0.839 bits per heavy atom. The smallest absolute Gasteiger partial charge is 0.194 e. The maximum absolute atomic E-state index is 13.6. The predicted molar refractivity (Wildman–Crippen MR) is 115 cm³/mol. The molecule has 4 aromatic carbocycles. The Hall–Kier alpha value is -3.92. The van der Waals surface area contributed by atoms with Gasteiger partial charge in [0.05, 0.1) is 0 Å². The minimum atomic E-state index is -0.394. The summed E-state index contributed by atoms with van der Waals surface area (Å²) in [4.78, 5) is 13.3. The Kier molecular flexibility index (Phi) is 4.55. The molecular weight excluding hydrogens is 397 g/mol. The third kappa shape index (κ3) is 3.36. The summed E-state index contributed by atoms with van der Waals surface area (Å²) < 4.78 is 40.4. The van der Waals surface area contributed by atoms with E-state index in [-0.39, 0.29) is 17.4 Å². The second kappa shape index (κ2) is 7.40. The largest absolute Gasteiger partial charge is 0.289 e. The van der Waals surface area contributed by atoms with Gasteiger partial charge < -0.3 is 0 Å². The lowest BCUT2D eigenvalue weighted by atomic mass is 9.93. The van der Waals surface area contributed by atoms with Crippen molar-refractivity contribution in [3.8, 4) is 11.1 Å². The van der Waals surface area contributed by atoms with Gasteiger partial charge in [-0.15, -0.1) is 0 Å². The number of rotatable bonds is 3. The van der Waals surface area contributed by atoms with Gasteiger partial charge in [0.1, 0.15) is 17.5 Å². The molecule has 0 atom stereocenters. The molecule has 150 valence electrons. The van der Waals surface area contributed by atoms with E-state index < -0.39 is 5.82 Å². The number of fused-ring (bicyclic) bond motifs is 1. The Morgan fingerprint density at radius 1 is 0.419 bits per heavy atom. The third-order valence-electron chi connectivity index (χ3n) is 5.45. The van der Waals surface area contributed by atoms with E-state index in [9.17, 15) is 18.0 Å². The number of halogens is 3. The summed E-state index contributed by atoms with van der Waals surface area (Å²) in [5, 5.41) is 0. The van der Waals surface area contributed by atoms with E-state index >= 15 is 0 Å². The van der Waals surface area contributed by atoms with Crippen LogP contribution in [-0.4, -0.2) is 5.78 Å². The second-order valence-electron chi connectivity index (χ2n) is 7.36. The van der Waals surface area contributed by atoms with E-state index in [1.54, 1.807) is 42.5 Å². The van der Waals surface area contributed by atoms with Crippen LogP contribution in [0, 0.1) is 17.5 Å². The Labute approximate surface area is 177 Å².